The first-order valence-electron chi connectivity index (χ1n) is 3.98. The zero-order valence-electron chi connectivity index (χ0n) is 6.87. The zero-order valence-corrected chi connectivity index (χ0v) is 8.45. The van der Waals surface area contributed by atoms with Crippen LogP contribution in [-0.4, -0.2) is 4.57 Å². The fourth-order valence-corrected chi connectivity index (χ4v) is 1.77. The molecule has 0 bridgehead atoms. The molecule has 0 saturated heterocycles. The van der Waals surface area contributed by atoms with Crippen LogP contribution < -0.4 is 0 Å². The van der Waals surface area contributed by atoms with Crippen molar-refractivity contribution in [3.05, 3.63) is 36.5 Å². The monoisotopic (exact) mass is 223 g/mol. The highest BCUT2D eigenvalue weighted by molar-refractivity contribution is 9.09. The molecule has 0 spiro atoms. The summed E-state index contributed by atoms with van der Waals surface area (Å²) < 4.78 is 2.20. The molecule has 0 aliphatic rings. The Hall–Kier alpha value is -0.760. The normalized spacial score (nSPS) is 13.5. The maximum Gasteiger partial charge on any atom is 0.0860 e. The molecule has 1 nitrogen and oxygen atoms in total. The number of benzene rings is 1. The van der Waals surface area contributed by atoms with E-state index in [1.165, 1.54) is 10.9 Å². The van der Waals surface area contributed by atoms with Crippen LogP contribution >= 0.6 is 15.9 Å². The molecule has 1 aromatic heterocycles. The minimum Gasteiger partial charge on any atom is -0.335 e. The van der Waals surface area contributed by atoms with E-state index in [0.29, 0.717) is 4.95 Å². The lowest BCUT2D eigenvalue weighted by atomic mass is 10.2. The Kier molecular flexibility index (Phi) is 1.93. The van der Waals surface area contributed by atoms with Gasteiger partial charge in [-0.15, -0.1) is 0 Å². The van der Waals surface area contributed by atoms with Gasteiger partial charge in [0.25, 0.3) is 0 Å². The Bertz CT molecular complexity index is 389. The van der Waals surface area contributed by atoms with Gasteiger partial charge in [0.05, 0.1) is 4.95 Å². The third-order valence-corrected chi connectivity index (χ3v) is 2.45. The second-order valence-electron chi connectivity index (χ2n) is 2.86. The molecule has 0 aliphatic carbocycles. The van der Waals surface area contributed by atoms with Crippen molar-refractivity contribution >= 4 is 26.8 Å². The molecule has 1 unspecified atom stereocenters. The van der Waals surface area contributed by atoms with Gasteiger partial charge in [-0.1, -0.05) is 34.1 Å². The molecule has 2 heteroatoms. The van der Waals surface area contributed by atoms with Crippen LogP contribution in [-0.2, 0) is 0 Å². The number of rotatable bonds is 1. The number of fused-ring (bicyclic) bond motifs is 1. The fraction of sp³-hybridized carbons (Fsp3) is 0.200. The number of aromatic nitrogens is 1. The predicted molar refractivity (Wildman–Crippen MR) is 55.6 cm³/mol. The van der Waals surface area contributed by atoms with Gasteiger partial charge in [0.15, 0.2) is 0 Å². The van der Waals surface area contributed by atoms with Crippen molar-refractivity contribution in [1.29, 1.82) is 0 Å². The van der Waals surface area contributed by atoms with Crippen LogP contribution in [0.25, 0.3) is 10.9 Å². The van der Waals surface area contributed by atoms with Crippen molar-refractivity contribution in [1.82, 2.24) is 4.57 Å². The molecular weight excluding hydrogens is 214 g/mol. The van der Waals surface area contributed by atoms with E-state index >= 15 is 0 Å². The molecule has 2 rings (SSSR count). The maximum absolute atomic E-state index is 3.55. The average molecular weight is 224 g/mol. The summed E-state index contributed by atoms with van der Waals surface area (Å²) in [6, 6.07) is 10.5. The largest absolute Gasteiger partial charge is 0.335 e. The average Bonchev–Trinajstić information content (AvgIpc) is 2.47. The quantitative estimate of drug-likeness (QED) is 0.652. The SMILES string of the molecule is CC(Br)n1ccc2ccccc21. The van der Waals surface area contributed by atoms with Gasteiger partial charge >= 0.3 is 0 Å². The second kappa shape index (κ2) is 2.94. The number of alkyl halides is 1. The number of hydrogen-bond donors (Lipinski definition) is 0. The maximum atomic E-state index is 3.55. The molecule has 12 heavy (non-hydrogen) atoms. The first-order chi connectivity index (χ1) is 5.79. The van der Waals surface area contributed by atoms with Gasteiger partial charge in [-0.2, -0.15) is 0 Å². The summed E-state index contributed by atoms with van der Waals surface area (Å²) in [4.78, 5) is 0.359. The topological polar surface area (TPSA) is 4.93 Å². The van der Waals surface area contributed by atoms with Gasteiger partial charge in [-0.05, 0) is 24.4 Å². The molecule has 0 N–H and O–H groups in total. The molecule has 1 heterocycles. The lowest BCUT2D eigenvalue weighted by molar-refractivity contribution is 0.787. The number of para-hydroxylation sites is 1. The lowest BCUT2D eigenvalue weighted by Crippen LogP contribution is -1.93. The number of halogens is 1. The Morgan fingerprint density at radius 2 is 2.00 bits per heavy atom. The summed E-state index contributed by atoms with van der Waals surface area (Å²) >= 11 is 3.55. The minimum absolute atomic E-state index is 0.359. The van der Waals surface area contributed by atoms with E-state index in [9.17, 15) is 0 Å². The van der Waals surface area contributed by atoms with Gasteiger partial charge in [0.2, 0.25) is 0 Å². The summed E-state index contributed by atoms with van der Waals surface area (Å²) in [7, 11) is 0. The van der Waals surface area contributed by atoms with Gasteiger partial charge in [-0.3, -0.25) is 0 Å². The standard InChI is InChI=1S/C10H10BrN/c1-8(11)12-7-6-9-4-2-3-5-10(9)12/h2-8H,1H3. The Labute approximate surface area is 80.1 Å². The zero-order chi connectivity index (χ0) is 8.55. The molecule has 1 aromatic carbocycles. The molecule has 0 amide bonds. The lowest BCUT2D eigenvalue weighted by Gasteiger charge is -2.06. The smallest absolute Gasteiger partial charge is 0.0860 e. The Balaban J connectivity index is 2.70. The van der Waals surface area contributed by atoms with Crippen molar-refractivity contribution in [2.24, 2.45) is 0 Å². The molecule has 0 saturated carbocycles. The van der Waals surface area contributed by atoms with Crippen LogP contribution in [0.2, 0.25) is 0 Å². The van der Waals surface area contributed by atoms with Gasteiger partial charge < -0.3 is 4.57 Å². The van der Waals surface area contributed by atoms with Crippen molar-refractivity contribution in [3.8, 4) is 0 Å². The molecule has 0 radical (unpaired) electrons. The molecule has 0 fully saturated rings. The summed E-state index contributed by atoms with van der Waals surface area (Å²) in [6.07, 6.45) is 2.10. The summed E-state index contributed by atoms with van der Waals surface area (Å²) in [5.41, 5.74) is 1.28. The van der Waals surface area contributed by atoms with E-state index in [0.717, 1.165) is 0 Å². The van der Waals surface area contributed by atoms with Crippen LogP contribution in [0, 0.1) is 0 Å². The van der Waals surface area contributed by atoms with Crippen LogP contribution in [0.4, 0.5) is 0 Å². The predicted octanol–water partition coefficient (Wildman–Crippen LogP) is 3.55. The van der Waals surface area contributed by atoms with Gasteiger partial charge in [0, 0.05) is 11.7 Å². The first kappa shape index (κ1) is 7.87. The van der Waals surface area contributed by atoms with Crippen LogP contribution in [0.15, 0.2) is 36.5 Å². The van der Waals surface area contributed by atoms with E-state index in [2.05, 4.69) is 63.9 Å². The highest BCUT2D eigenvalue weighted by atomic mass is 79.9. The third kappa shape index (κ3) is 1.16. The van der Waals surface area contributed by atoms with Crippen LogP contribution in [0.3, 0.4) is 0 Å². The summed E-state index contributed by atoms with van der Waals surface area (Å²) in [5.74, 6) is 0. The third-order valence-electron chi connectivity index (χ3n) is 2.01. The van der Waals surface area contributed by atoms with Gasteiger partial charge in [0.1, 0.15) is 0 Å². The van der Waals surface area contributed by atoms with Crippen LogP contribution in [0.1, 0.15) is 11.9 Å². The van der Waals surface area contributed by atoms with E-state index in [4.69, 9.17) is 0 Å². The molecule has 1 atom stereocenters. The molecule has 0 aliphatic heterocycles. The first-order valence-corrected chi connectivity index (χ1v) is 4.90. The highest BCUT2D eigenvalue weighted by Gasteiger charge is 2.02. The highest BCUT2D eigenvalue weighted by Crippen LogP contribution is 2.22. The van der Waals surface area contributed by atoms with Crippen molar-refractivity contribution in [2.75, 3.05) is 0 Å². The molecule has 62 valence electrons. The Morgan fingerprint density at radius 3 is 2.75 bits per heavy atom. The molecule has 2 aromatic rings. The molecular formula is C10H10BrN. The summed E-state index contributed by atoms with van der Waals surface area (Å²) in [6.45, 7) is 2.12. The van der Waals surface area contributed by atoms with Crippen molar-refractivity contribution in [3.63, 3.8) is 0 Å². The number of nitrogens with zero attached hydrogens (tertiary/aromatic N) is 1. The summed E-state index contributed by atoms with van der Waals surface area (Å²) in [5, 5.41) is 1.30. The van der Waals surface area contributed by atoms with E-state index in [-0.39, 0.29) is 0 Å². The second-order valence-corrected chi connectivity index (χ2v) is 4.18. The van der Waals surface area contributed by atoms with E-state index in [1.807, 2.05) is 0 Å². The fourth-order valence-electron chi connectivity index (χ4n) is 1.41. The van der Waals surface area contributed by atoms with Crippen molar-refractivity contribution in [2.45, 2.75) is 11.9 Å². The number of hydrogen-bond acceptors (Lipinski definition) is 0. The van der Waals surface area contributed by atoms with E-state index in [1.54, 1.807) is 0 Å². The minimum atomic E-state index is 0.359. The van der Waals surface area contributed by atoms with E-state index < -0.39 is 0 Å². The Morgan fingerprint density at radius 1 is 1.25 bits per heavy atom. The van der Waals surface area contributed by atoms with Crippen molar-refractivity contribution < 1.29 is 0 Å². The van der Waals surface area contributed by atoms with Gasteiger partial charge in [-0.25, -0.2) is 0 Å². The van der Waals surface area contributed by atoms with Crippen LogP contribution in [0.5, 0.6) is 0 Å².